The molecule has 1 unspecified atom stereocenters. The van der Waals surface area contributed by atoms with E-state index in [4.69, 9.17) is 5.73 Å². The first-order chi connectivity index (χ1) is 16.9. The average molecular weight is 535 g/mol. The number of rotatable bonds is 7. The van der Waals surface area contributed by atoms with Crippen molar-refractivity contribution in [1.29, 1.82) is 0 Å². The molecule has 2 atom stereocenters. The van der Waals surface area contributed by atoms with Gasteiger partial charge in [0, 0.05) is 38.7 Å². The van der Waals surface area contributed by atoms with Crippen molar-refractivity contribution in [3.8, 4) is 0 Å². The number of amides is 3. The maximum Gasteiger partial charge on any atom is 0.318 e. The second-order valence-corrected chi connectivity index (χ2v) is 11.5. The van der Waals surface area contributed by atoms with Crippen molar-refractivity contribution >= 4 is 28.4 Å². The molecule has 2 aliphatic heterocycles. The number of aromatic nitrogens is 1. The van der Waals surface area contributed by atoms with E-state index < -0.39 is 43.0 Å². The van der Waals surface area contributed by atoms with Gasteiger partial charge in [0.2, 0.25) is 5.91 Å². The zero-order valence-electron chi connectivity index (χ0n) is 20.3. The number of hydrogen-bond donors (Lipinski definition) is 3. The first kappa shape index (κ1) is 27.1. The molecular formula is C23H34F4N6O2S. The highest BCUT2D eigenvalue weighted by molar-refractivity contribution is 7.15. The van der Waals surface area contributed by atoms with Crippen LogP contribution in [0.15, 0.2) is 6.20 Å². The first-order valence-corrected chi connectivity index (χ1v) is 13.3. The van der Waals surface area contributed by atoms with Crippen LogP contribution in [0.2, 0.25) is 0 Å². The monoisotopic (exact) mass is 534 g/mol. The number of anilines is 1. The fourth-order valence-electron chi connectivity index (χ4n) is 5.13. The van der Waals surface area contributed by atoms with Gasteiger partial charge in [0.05, 0.1) is 30.1 Å². The number of alkyl halides is 4. The Kier molecular flexibility index (Phi) is 8.10. The molecule has 1 aromatic rings. The van der Waals surface area contributed by atoms with Crippen LogP contribution in [0.3, 0.4) is 0 Å². The van der Waals surface area contributed by atoms with Crippen LogP contribution in [0.4, 0.5) is 27.5 Å². The van der Waals surface area contributed by atoms with E-state index in [1.54, 1.807) is 4.90 Å². The molecule has 3 aliphatic rings. The SMILES string of the molecule is CC1CCC([C@H](N)C(=O)Nc2ncc(C(CN3CCC(F)(F)CC3)N3CC(F)(F)CNC3=O)s2)CC1. The number of likely N-dealkylation sites (tertiary alicyclic amines) is 1. The number of urea groups is 1. The lowest BCUT2D eigenvalue weighted by atomic mass is 9.79. The lowest BCUT2D eigenvalue weighted by molar-refractivity contribution is -0.118. The topological polar surface area (TPSA) is 104 Å². The highest BCUT2D eigenvalue weighted by Gasteiger charge is 2.44. The maximum atomic E-state index is 14.2. The lowest BCUT2D eigenvalue weighted by Crippen LogP contribution is -2.59. The molecule has 0 radical (unpaired) electrons. The van der Waals surface area contributed by atoms with Crippen molar-refractivity contribution in [3.63, 3.8) is 0 Å². The minimum absolute atomic E-state index is 0.0879. The normalized spacial score (nSPS) is 28.3. The summed E-state index contributed by atoms with van der Waals surface area (Å²) in [5.74, 6) is -5.52. The molecular weight excluding hydrogens is 500 g/mol. The Balaban J connectivity index is 1.47. The summed E-state index contributed by atoms with van der Waals surface area (Å²) in [6, 6.07) is -2.16. The molecule has 8 nitrogen and oxygen atoms in total. The van der Waals surface area contributed by atoms with E-state index in [1.165, 1.54) is 6.20 Å². The molecule has 202 valence electrons. The van der Waals surface area contributed by atoms with Crippen LogP contribution in [0.5, 0.6) is 0 Å². The molecule has 36 heavy (non-hydrogen) atoms. The quantitative estimate of drug-likeness (QED) is 0.464. The lowest BCUT2D eigenvalue weighted by Gasteiger charge is -2.41. The minimum atomic E-state index is -3.13. The summed E-state index contributed by atoms with van der Waals surface area (Å²) in [6.07, 6.45) is 4.60. The summed E-state index contributed by atoms with van der Waals surface area (Å²) in [5, 5.41) is 5.20. The minimum Gasteiger partial charge on any atom is -0.332 e. The Morgan fingerprint density at radius 1 is 1.22 bits per heavy atom. The predicted octanol–water partition coefficient (Wildman–Crippen LogP) is 3.67. The zero-order valence-corrected chi connectivity index (χ0v) is 21.1. The van der Waals surface area contributed by atoms with E-state index in [2.05, 4.69) is 22.5 Å². The number of carbonyl (C=O) groups excluding carboxylic acids is 2. The first-order valence-electron chi connectivity index (χ1n) is 12.5. The Hall–Kier alpha value is -1.99. The number of carbonyl (C=O) groups is 2. The van der Waals surface area contributed by atoms with Gasteiger partial charge >= 0.3 is 6.03 Å². The maximum absolute atomic E-state index is 14.2. The van der Waals surface area contributed by atoms with Crippen molar-refractivity contribution in [2.45, 2.75) is 69.4 Å². The Bertz CT molecular complexity index is 929. The van der Waals surface area contributed by atoms with Gasteiger partial charge in [-0.1, -0.05) is 31.1 Å². The highest BCUT2D eigenvalue weighted by Crippen LogP contribution is 2.36. The van der Waals surface area contributed by atoms with E-state index in [-0.39, 0.29) is 49.4 Å². The molecule has 0 aromatic carbocycles. The van der Waals surface area contributed by atoms with Gasteiger partial charge in [0.1, 0.15) is 0 Å². The third kappa shape index (κ3) is 6.65. The van der Waals surface area contributed by atoms with Crippen molar-refractivity contribution in [2.75, 3.05) is 38.0 Å². The molecule has 1 aromatic heterocycles. The number of piperidine rings is 1. The highest BCUT2D eigenvalue weighted by atomic mass is 32.1. The molecule has 1 saturated carbocycles. The number of halogens is 4. The summed E-state index contributed by atoms with van der Waals surface area (Å²) < 4.78 is 55.7. The van der Waals surface area contributed by atoms with Gasteiger partial charge in [-0.05, 0) is 24.7 Å². The van der Waals surface area contributed by atoms with Crippen LogP contribution in [-0.2, 0) is 4.79 Å². The zero-order chi connectivity index (χ0) is 26.1. The van der Waals surface area contributed by atoms with Crippen molar-refractivity contribution in [1.82, 2.24) is 20.1 Å². The summed E-state index contributed by atoms with van der Waals surface area (Å²) in [4.78, 5) is 32.8. The van der Waals surface area contributed by atoms with E-state index in [0.717, 1.165) is 41.9 Å². The Morgan fingerprint density at radius 3 is 2.56 bits per heavy atom. The molecule has 4 N–H and O–H groups in total. The van der Waals surface area contributed by atoms with Crippen LogP contribution < -0.4 is 16.4 Å². The Morgan fingerprint density at radius 2 is 1.89 bits per heavy atom. The summed E-state index contributed by atoms with van der Waals surface area (Å²) >= 11 is 1.08. The van der Waals surface area contributed by atoms with Crippen LogP contribution >= 0.6 is 11.3 Å². The molecule has 2 saturated heterocycles. The smallest absolute Gasteiger partial charge is 0.318 e. The molecule has 13 heteroatoms. The predicted molar refractivity (Wildman–Crippen MR) is 128 cm³/mol. The number of nitrogens with zero attached hydrogens (tertiary/aromatic N) is 3. The molecule has 3 fully saturated rings. The fraction of sp³-hybridized carbons (Fsp3) is 0.783. The molecule has 4 rings (SSSR count). The largest absolute Gasteiger partial charge is 0.332 e. The molecule has 3 heterocycles. The van der Waals surface area contributed by atoms with Gasteiger partial charge in [-0.25, -0.2) is 27.3 Å². The van der Waals surface area contributed by atoms with Crippen molar-refractivity contribution in [3.05, 3.63) is 11.1 Å². The third-order valence-electron chi connectivity index (χ3n) is 7.51. The van der Waals surface area contributed by atoms with Gasteiger partial charge in [-0.15, -0.1) is 0 Å². The average Bonchev–Trinajstić information content (AvgIpc) is 3.28. The molecule has 1 aliphatic carbocycles. The van der Waals surface area contributed by atoms with E-state index >= 15 is 0 Å². The van der Waals surface area contributed by atoms with Crippen molar-refractivity contribution in [2.24, 2.45) is 17.6 Å². The number of thiazole rings is 1. The molecule has 3 amide bonds. The second kappa shape index (κ2) is 10.8. The van der Waals surface area contributed by atoms with E-state index in [9.17, 15) is 27.2 Å². The summed E-state index contributed by atoms with van der Waals surface area (Å²) in [6.45, 7) is 0.919. The van der Waals surface area contributed by atoms with Gasteiger partial charge in [0.25, 0.3) is 11.8 Å². The molecule has 0 bridgehead atoms. The van der Waals surface area contributed by atoms with E-state index in [0.29, 0.717) is 10.8 Å². The summed E-state index contributed by atoms with van der Waals surface area (Å²) in [7, 11) is 0. The fourth-order valence-corrected chi connectivity index (χ4v) is 6.05. The van der Waals surface area contributed by atoms with Crippen LogP contribution in [-0.4, -0.2) is 77.3 Å². The van der Waals surface area contributed by atoms with Gasteiger partial charge in [-0.3, -0.25) is 4.79 Å². The number of nitrogens with two attached hydrogens (primary N) is 1. The van der Waals surface area contributed by atoms with Crippen LogP contribution in [0, 0.1) is 11.8 Å². The summed E-state index contributed by atoms with van der Waals surface area (Å²) in [5.41, 5.74) is 6.21. The number of hydrogen-bond acceptors (Lipinski definition) is 6. The van der Waals surface area contributed by atoms with Crippen molar-refractivity contribution < 1.29 is 27.2 Å². The van der Waals surface area contributed by atoms with Gasteiger partial charge in [-0.2, -0.15) is 0 Å². The van der Waals surface area contributed by atoms with Crippen LogP contribution in [0.25, 0.3) is 0 Å². The Labute approximate surface area is 212 Å². The third-order valence-corrected chi connectivity index (χ3v) is 8.52. The number of nitrogens with one attached hydrogen (secondary N) is 2. The van der Waals surface area contributed by atoms with Gasteiger partial charge in [0.15, 0.2) is 5.13 Å². The van der Waals surface area contributed by atoms with Gasteiger partial charge < -0.3 is 26.2 Å². The van der Waals surface area contributed by atoms with E-state index in [1.807, 2.05) is 0 Å². The second-order valence-electron chi connectivity index (χ2n) is 10.4. The van der Waals surface area contributed by atoms with Crippen LogP contribution in [0.1, 0.15) is 56.4 Å². The standard InChI is InChI=1S/C23H34F4N6O2S/c1-14-2-4-15(5-3-14)18(28)19(34)31-20-29-10-17(36-20)16(11-32-8-6-22(24,25)7-9-32)33-13-23(26,27)12-30-21(33)35/h10,14-16,18H,2-9,11-13,28H2,1H3,(H,30,35)(H,29,31,34)/t14?,15?,16?,18-/m0/s1. The molecule has 0 spiro atoms.